The molecule has 0 fully saturated rings. The second-order valence-corrected chi connectivity index (χ2v) is 4.68. The number of carbonyl (C=O) groups is 1. The SMILES string of the molecule is CCn1cc2c(C)cc(SCC(=O)O)nc2n1. The van der Waals surface area contributed by atoms with E-state index in [0.717, 1.165) is 17.5 Å². The minimum Gasteiger partial charge on any atom is -0.481 e. The van der Waals surface area contributed by atoms with Gasteiger partial charge in [-0.15, -0.1) is 0 Å². The summed E-state index contributed by atoms with van der Waals surface area (Å²) in [5, 5.41) is 14.7. The van der Waals surface area contributed by atoms with E-state index in [0.29, 0.717) is 10.7 Å². The van der Waals surface area contributed by atoms with Gasteiger partial charge in [-0.1, -0.05) is 11.8 Å². The number of carboxylic acids is 1. The molecular formula is C11H13N3O2S. The Morgan fingerprint density at radius 3 is 3.00 bits per heavy atom. The molecule has 0 aliphatic carbocycles. The zero-order chi connectivity index (χ0) is 12.4. The van der Waals surface area contributed by atoms with E-state index in [2.05, 4.69) is 10.1 Å². The number of thioether (sulfide) groups is 1. The molecule has 0 saturated carbocycles. The van der Waals surface area contributed by atoms with Crippen LogP contribution in [0.1, 0.15) is 12.5 Å². The number of rotatable bonds is 4. The van der Waals surface area contributed by atoms with Crippen molar-refractivity contribution in [3.63, 3.8) is 0 Å². The van der Waals surface area contributed by atoms with Gasteiger partial charge in [-0.2, -0.15) is 5.10 Å². The molecule has 2 heterocycles. The second kappa shape index (κ2) is 4.75. The van der Waals surface area contributed by atoms with Crippen LogP contribution < -0.4 is 0 Å². The fraction of sp³-hybridized carbons (Fsp3) is 0.364. The molecule has 2 aromatic rings. The highest BCUT2D eigenvalue weighted by molar-refractivity contribution is 7.99. The third kappa shape index (κ3) is 2.58. The molecule has 0 unspecified atom stereocenters. The van der Waals surface area contributed by atoms with E-state index < -0.39 is 5.97 Å². The Morgan fingerprint density at radius 1 is 1.59 bits per heavy atom. The Hall–Kier alpha value is -1.56. The summed E-state index contributed by atoms with van der Waals surface area (Å²) in [5.41, 5.74) is 1.75. The van der Waals surface area contributed by atoms with Crippen LogP contribution in [0.25, 0.3) is 11.0 Å². The molecule has 0 bridgehead atoms. The molecule has 0 spiro atoms. The van der Waals surface area contributed by atoms with E-state index in [-0.39, 0.29) is 5.75 Å². The average Bonchev–Trinajstić information content (AvgIpc) is 2.70. The number of pyridine rings is 1. The lowest BCUT2D eigenvalue weighted by atomic mass is 10.2. The monoisotopic (exact) mass is 251 g/mol. The van der Waals surface area contributed by atoms with Crippen molar-refractivity contribution in [3.8, 4) is 0 Å². The van der Waals surface area contributed by atoms with E-state index in [1.807, 2.05) is 30.8 Å². The molecule has 0 saturated heterocycles. The van der Waals surface area contributed by atoms with Crippen molar-refractivity contribution >= 4 is 28.8 Å². The third-order valence-electron chi connectivity index (χ3n) is 2.39. The van der Waals surface area contributed by atoms with Gasteiger partial charge in [0, 0.05) is 18.1 Å². The molecule has 0 aliphatic rings. The largest absolute Gasteiger partial charge is 0.481 e. The van der Waals surface area contributed by atoms with Crippen molar-refractivity contribution in [2.24, 2.45) is 0 Å². The molecule has 0 amide bonds. The average molecular weight is 251 g/mol. The molecule has 0 radical (unpaired) electrons. The summed E-state index contributed by atoms with van der Waals surface area (Å²) in [6.07, 6.45) is 1.96. The fourth-order valence-corrected chi connectivity index (χ4v) is 2.23. The lowest BCUT2D eigenvalue weighted by molar-refractivity contribution is -0.133. The minimum atomic E-state index is -0.839. The predicted octanol–water partition coefficient (Wildman–Crippen LogP) is 1.94. The molecule has 2 rings (SSSR count). The van der Waals surface area contributed by atoms with Crippen LogP contribution in [-0.4, -0.2) is 31.6 Å². The van der Waals surface area contributed by atoms with Gasteiger partial charge in [0.25, 0.3) is 0 Å². The summed E-state index contributed by atoms with van der Waals surface area (Å²) in [6.45, 7) is 4.80. The van der Waals surface area contributed by atoms with Gasteiger partial charge in [-0.3, -0.25) is 9.48 Å². The van der Waals surface area contributed by atoms with Crippen molar-refractivity contribution in [3.05, 3.63) is 17.8 Å². The summed E-state index contributed by atoms with van der Waals surface area (Å²) < 4.78 is 1.83. The fourth-order valence-electron chi connectivity index (χ4n) is 1.54. The van der Waals surface area contributed by atoms with Crippen molar-refractivity contribution < 1.29 is 9.90 Å². The van der Waals surface area contributed by atoms with E-state index in [9.17, 15) is 4.79 Å². The molecule has 6 heteroatoms. The number of fused-ring (bicyclic) bond motifs is 1. The van der Waals surface area contributed by atoms with Gasteiger partial charge in [-0.25, -0.2) is 4.98 Å². The van der Waals surface area contributed by atoms with Crippen molar-refractivity contribution in [1.82, 2.24) is 14.8 Å². The molecule has 0 aliphatic heterocycles. The maximum Gasteiger partial charge on any atom is 0.313 e. The van der Waals surface area contributed by atoms with Crippen LogP contribution in [-0.2, 0) is 11.3 Å². The minimum absolute atomic E-state index is 0.0203. The van der Waals surface area contributed by atoms with Gasteiger partial charge >= 0.3 is 5.97 Å². The Bertz CT molecular complexity index is 565. The van der Waals surface area contributed by atoms with E-state index >= 15 is 0 Å². The third-order valence-corrected chi connectivity index (χ3v) is 3.29. The number of aliphatic carboxylic acids is 1. The van der Waals surface area contributed by atoms with Crippen molar-refractivity contribution in [2.45, 2.75) is 25.4 Å². The Kier molecular flexibility index (Phi) is 3.33. The Morgan fingerprint density at radius 2 is 2.35 bits per heavy atom. The van der Waals surface area contributed by atoms with Crippen molar-refractivity contribution in [2.75, 3.05) is 5.75 Å². The van der Waals surface area contributed by atoms with Gasteiger partial charge in [0.1, 0.15) is 0 Å². The molecule has 0 aromatic carbocycles. The van der Waals surface area contributed by atoms with Crippen LogP contribution in [0.5, 0.6) is 0 Å². The van der Waals surface area contributed by atoms with E-state index in [1.165, 1.54) is 11.8 Å². The molecule has 0 atom stereocenters. The normalized spacial score (nSPS) is 10.9. The zero-order valence-electron chi connectivity index (χ0n) is 9.67. The zero-order valence-corrected chi connectivity index (χ0v) is 10.5. The number of aryl methyl sites for hydroxylation is 2. The van der Waals surface area contributed by atoms with Crippen LogP contribution in [0.15, 0.2) is 17.3 Å². The molecule has 90 valence electrons. The van der Waals surface area contributed by atoms with Gasteiger partial charge in [0.15, 0.2) is 5.65 Å². The maximum absolute atomic E-state index is 10.5. The first-order chi connectivity index (χ1) is 8.10. The second-order valence-electron chi connectivity index (χ2n) is 3.68. The lowest BCUT2D eigenvalue weighted by Gasteiger charge is -2.00. The smallest absolute Gasteiger partial charge is 0.313 e. The van der Waals surface area contributed by atoms with Gasteiger partial charge in [-0.05, 0) is 25.5 Å². The summed E-state index contributed by atoms with van der Waals surface area (Å²) in [6, 6.07) is 1.90. The highest BCUT2D eigenvalue weighted by atomic mass is 32.2. The van der Waals surface area contributed by atoms with Crippen LogP contribution in [0, 0.1) is 6.92 Å². The molecule has 1 N–H and O–H groups in total. The summed E-state index contributed by atoms with van der Waals surface area (Å²) in [7, 11) is 0. The summed E-state index contributed by atoms with van der Waals surface area (Å²) in [5.74, 6) is -0.819. The Balaban J connectivity index is 2.36. The number of carboxylic acid groups (broad SMARTS) is 1. The van der Waals surface area contributed by atoms with Gasteiger partial charge in [0.2, 0.25) is 0 Å². The van der Waals surface area contributed by atoms with Gasteiger partial charge < -0.3 is 5.11 Å². The molecule has 2 aromatic heterocycles. The number of nitrogens with zero attached hydrogens (tertiary/aromatic N) is 3. The van der Waals surface area contributed by atoms with Gasteiger partial charge in [0.05, 0.1) is 10.8 Å². The summed E-state index contributed by atoms with van der Waals surface area (Å²) in [4.78, 5) is 14.8. The molecule has 17 heavy (non-hydrogen) atoms. The number of hydrogen-bond acceptors (Lipinski definition) is 4. The first-order valence-electron chi connectivity index (χ1n) is 5.29. The molecule has 5 nitrogen and oxygen atoms in total. The number of hydrogen-bond donors (Lipinski definition) is 1. The predicted molar refractivity (Wildman–Crippen MR) is 66.3 cm³/mol. The standard InChI is InChI=1S/C11H13N3O2S/c1-3-14-5-8-7(2)4-9(12-11(8)13-14)17-6-10(15)16/h4-5H,3,6H2,1-2H3,(H,15,16). The summed E-state index contributed by atoms with van der Waals surface area (Å²) >= 11 is 1.21. The molecular weight excluding hydrogens is 238 g/mol. The lowest BCUT2D eigenvalue weighted by Crippen LogP contribution is -1.98. The topological polar surface area (TPSA) is 68.0 Å². The van der Waals surface area contributed by atoms with Crippen LogP contribution in [0.2, 0.25) is 0 Å². The first-order valence-corrected chi connectivity index (χ1v) is 6.28. The van der Waals surface area contributed by atoms with Crippen LogP contribution in [0.4, 0.5) is 0 Å². The number of aromatic nitrogens is 3. The Labute approximate surface area is 103 Å². The highest BCUT2D eigenvalue weighted by Gasteiger charge is 2.08. The van der Waals surface area contributed by atoms with E-state index in [1.54, 1.807) is 0 Å². The quantitative estimate of drug-likeness (QED) is 0.841. The first kappa shape index (κ1) is 11.9. The van der Waals surface area contributed by atoms with Crippen LogP contribution >= 0.6 is 11.8 Å². The van der Waals surface area contributed by atoms with Crippen molar-refractivity contribution in [1.29, 1.82) is 0 Å². The maximum atomic E-state index is 10.5. The van der Waals surface area contributed by atoms with Crippen LogP contribution in [0.3, 0.4) is 0 Å². The van der Waals surface area contributed by atoms with E-state index in [4.69, 9.17) is 5.11 Å². The highest BCUT2D eigenvalue weighted by Crippen LogP contribution is 2.22.